The first-order valence-corrected chi connectivity index (χ1v) is 8.46. The Morgan fingerprint density at radius 3 is 2.55 bits per heavy atom. The minimum atomic E-state index is 0.307. The second-order valence-electron chi connectivity index (χ2n) is 5.53. The standard InChI is InChI=1S/C19H16BNS/c1-2-6-16(7-3-1)14-21-19-9-5-4-8-17(19)10-12-20(21)18-11-13-22-15-18/h1-13,15H,14H2. The Bertz CT molecular complexity index is 780. The van der Waals surface area contributed by atoms with Gasteiger partial charge in [-0.15, -0.1) is 0 Å². The SMILES string of the molecule is C1=Cc2ccccc2N(Cc2ccccc2)B1c1ccsc1. The number of hydrogen-bond acceptors (Lipinski definition) is 2. The van der Waals surface area contributed by atoms with Gasteiger partial charge in [0.25, 0.3) is 0 Å². The van der Waals surface area contributed by atoms with Crippen LogP contribution < -0.4 is 10.3 Å². The van der Waals surface area contributed by atoms with Crippen molar-refractivity contribution >= 4 is 35.4 Å². The predicted octanol–water partition coefficient (Wildman–Crippen LogP) is 4.22. The third-order valence-electron chi connectivity index (χ3n) is 4.12. The summed E-state index contributed by atoms with van der Waals surface area (Å²) < 4.78 is 0. The molecule has 3 aromatic rings. The van der Waals surface area contributed by atoms with E-state index in [0.29, 0.717) is 6.85 Å². The lowest BCUT2D eigenvalue weighted by Gasteiger charge is -2.34. The zero-order valence-electron chi connectivity index (χ0n) is 12.2. The molecule has 0 aliphatic carbocycles. The zero-order valence-corrected chi connectivity index (χ0v) is 13.0. The molecule has 0 saturated heterocycles. The van der Waals surface area contributed by atoms with Crippen molar-refractivity contribution in [3.8, 4) is 0 Å². The van der Waals surface area contributed by atoms with Crippen molar-refractivity contribution in [3.05, 3.63) is 88.5 Å². The molecular weight excluding hydrogens is 285 g/mol. The highest BCUT2D eigenvalue weighted by Gasteiger charge is 2.28. The van der Waals surface area contributed by atoms with Crippen LogP contribution in [0.25, 0.3) is 6.08 Å². The third kappa shape index (κ3) is 2.49. The first kappa shape index (κ1) is 13.4. The van der Waals surface area contributed by atoms with Gasteiger partial charge in [0.15, 0.2) is 0 Å². The van der Waals surface area contributed by atoms with Crippen molar-refractivity contribution in [2.75, 3.05) is 4.81 Å². The summed E-state index contributed by atoms with van der Waals surface area (Å²) in [5.41, 5.74) is 5.31. The highest BCUT2D eigenvalue weighted by atomic mass is 32.1. The Hall–Kier alpha value is -2.26. The second kappa shape index (κ2) is 5.86. The third-order valence-corrected chi connectivity index (χ3v) is 4.82. The molecule has 0 amide bonds. The summed E-state index contributed by atoms with van der Waals surface area (Å²) in [6.07, 6.45) is 2.25. The van der Waals surface area contributed by atoms with Gasteiger partial charge in [-0.1, -0.05) is 66.6 Å². The van der Waals surface area contributed by atoms with Gasteiger partial charge in [-0.05, 0) is 33.4 Å². The quantitative estimate of drug-likeness (QED) is 0.655. The normalized spacial score (nSPS) is 13.3. The van der Waals surface area contributed by atoms with Gasteiger partial charge in [-0.3, -0.25) is 0 Å². The molecule has 2 aromatic carbocycles. The van der Waals surface area contributed by atoms with E-state index < -0.39 is 0 Å². The Kier molecular flexibility index (Phi) is 3.57. The van der Waals surface area contributed by atoms with Gasteiger partial charge in [0.05, 0.1) is 0 Å². The molecule has 0 bridgehead atoms. The maximum atomic E-state index is 2.49. The van der Waals surface area contributed by atoms with Crippen molar-refractivity contribution in [1.82, 2.24) is 0 Å². The number of anilines is 1. The lowest BCUT2D eigenvalue weighted by molar-refractivity contribution is 1.02. The lowest BCUT2D eigenvalue weighted by Crippen LogP contribution is -2.48. The summed E-state index contributed by atoms with van der Waals surface area (Å²) >= 11 is 1.76. The van der Waals surface area contributed by atoms with E-state index in [0.717, 1.165) is 6.54 Å². The second-order valence-corrected chi connectivity index (χ2v) is 6.31. The Morgan fingerprint density at radius 2 is 1.73 bits per heavy atom. The average molecular weight is 301 g/mol. The molecule has 0 N–H and O–H groups in total. The van der Waals surface area contributed by atoms with E-state index in [4.69, 9.17) is 0 Å². The van der Waals surface area contributed by atoms with Crippen LogP contribution in [0.2, 0.25) is 0 Å². The molecule has 1 nitrogen and oxygen atoms in total. The molecule has 22 heavy (non-hydrogen) atoms. The number of rotatable bonds is 3. The Labute approximate surface area is 135 Å². The first-order valence-electron chi connectivity index (χ1n) is 7.52. The topological polar surface area (TPSA) is 3.24 Å². The largest absolute Gasteiger partial charge is 0.403 e. The minimum absolute atomic E-state index is 0.307. The summed E-state index contributed by atoms with van der Waals surface area (Å²) in [7, 11) is 0. The summed E-state index contributed by atoms with van der Waals surface area (Å²) in [5, 5.41) is 4.41. The van der Waals surface area contributed by atoms with Gasteiger partial charge in [-0.2, -0.15) is 11.3 Å². The van der Waals surface area contributed by atoms with Crippen LogP contribution in [0.15, 0.2) is 77.4 Å². The molecule has 0 fully saturated rings. The molecular formula is C19H16BNS. The predicted molar refractivity (Wildman–Crippen MR) is 97.8 cm³/mol. The number of nitrogens with zero attached hydrogens (tertiary/aromatic N) is 1. The first-order chi connectivity index (χ1) is 10.9. The van der Waals surface area contributed by atoms with Crippen LogP contribution in [0.4, 0.5) is 5.69 Å². The molecule has 106 valence electrons. The minimum Gasteiger partial charge on any atom is -0.403 e. The van der Waals surface area contributed by atoms with Crippen molar-refractivity contribution < 1.29 is 0 Å². The number of fused-ring (bicyclic) bond motifs is 1. The fourth-order valence-corrected chi connectivity index (χ4v) is 3.73. The van der Waals surface area contributed by atoms with Gasteiger partial charge in [0, 0.05) is 12.2 Å². The van der Waals surface area contributed by atoms with E-state index in [1.165, 1.54) is 22.3 Å². The fourth-order valence-electron chi connectivity index (χ4n) is 3.04. The van der Waals surface area contributed by atoms with E-state index in [2.05, 4.69) is 88.3 Å². The molecule has 0 saturated carbocycles. The summed E-state index contributed by atoms with van der Waals surface area (Å²) in [4.78, 5) is 2.49. The van der Waals surface area contributed by atoms with Crippen LogP contribution in [0, 0.1) is 0 Å². The molecule has 0 unspecified atom stereocenters. The molecule has 4 rings (SSSR count). The number of para-hydroxylation sites is 1. The van der Waals surface area contributed by atoms with Crippen molar-refractivity contribution in [3.63, 3.8) is 0 Å². The smallest absolute Gasteiger partial charge is 0.317 e. The van der Waals surface area contributed by atoms with Crippen molar-refractivity contribution in [1.29, 1.82) is 0 Å². The summed E-state index contributed by atoms with van der Waals surface area (Å²) in [6, 6.07) is 21.6. The molecule has 2 heterocycles. The summed E-state index contributed by atoms with van der Waals surface area (Å²) in [5.74, 6) is 2.31. The van der Waals surface area contributed by atoms with Gasteiger partial charge >= 0.3 is 6.85 Å². The van der Waals surface area contributed by atoms with Crippen LogP contribution in [0.1, 0.15) is 11.1 Å². The van der Waals surface area contributed by atoms with E-state index in [9.17, 15) is 0 Å². The molecule has 0 radical (unpaired) electrons. The van der Waals surface area contributed by atoms with Gasteiger partial charge in [0.1, 0.15) is 0 Å². The van der Waals surface area contributed by atoms with Crippen LogP contribution in [0.3, 0.4) is 0 Å². The molecule has 1 aliphatic heterocycles. The van der Waals surface area contributed by atoms with E-state index in [1.54, 1.807) is 11.3 Å². The van der Waals surface area contributed by atoms with Crippen LogP contribution in [0.5, 0.6) is 0 Å². The summed E-state index contributed by atoms with van der Waals surface area (Å²) in [6.45, 7) is 1.23. The number of benzene rings is 2. The van der Waals surface area contributed by atoms with E-state index in [1.807, 2.05) is 0 Å². The van der Waals surface area contributed by atoms with Crippen molar-refractivity contribution in [2.45, 2.75) is 6.54 Å². The Balaban J connectivity index is 1.76. The maximum absolute atomic E-state index is 2.49. The van der Waals surface area contributed by atoms with E-state index in [-0.39, 0.29) is 0 Å². The monoisotopic (exact) mass is 301 g/mol. The highest BCUT2D eigenvalue weighted by Crippen LogP contribution is 2.29. The highest BCUT2D eigenvalue weighted by molar-refractivity contribution is 7.09. The molecule has 1 aromatic heterocycles. The van der Waals surface area contributed by atoms with Gasteiger partial charge in [0.2, 0.25) is 0 Å². The van der Waals surface area contributed by atoms with Crippen LogP contribution in [-0.4, -0.2) is 6.85 Å². The molecule has 3 heteroatoms. The molecule has 0 spiro atoms. The molecule has 0 atom stereocenters. The van der Waals surface area contributed by atoms with E-state index >= 15 is 0 Å². The average Bonchev–Trinajstić information content (AvgIpc) is 3.10. The van der Waals surface area contributed by atoms with Crippen molar-refractivity contribution in [2.24, 2.45) is 0 Å². The Morgan fingerprint density at radius 1 is 0.909 bits per heavy atom. The molecule has 1 aliphatic rings. The van der Waals surface area contributed by atoms with Crippen LogP contribution >= 0.6 is 11.3 Å². The van der Waals surface area contributed by atoms with Gasteiger partial charge in [-0.25, -0.2) is 0 Å². The van der Waals surface area contributed by atoms with Crippen LogP contribution in [-0.2, 0) is 6.54 Å². The zero-order chi connectivity index (χ0) is 14.8. The number of thiophene rings is 1. The lowest BCUT2D eigenvalue weighted by atomic mass is 9.53. The fraction of sp³-hybridized carbons (Fsp3) is 0.0526. The number of hydrogen-bond donors (Lipinski definition) is 0. The maximum Gasteiger partial charge on any atom is 0.317 e. The van der Waals surface area contributed by atoms with Gasteiger partial charge < -0.3 is 4.81 Å².